The lowest BCUT2D eigenvalue weighted by Gasteiger charge is -2.31. The minimum atomic E-state index is -4.48. The van der Waals surface area contributed by atoms with E-state index in [0.29, 0.717) is 24.6 Å². The van der Waals surface area contributed by atoms with Crippen molar-refractivity contribution in [2.24, 2.45) is 0 Å². The van der Waals surface area contributed by atoms with Gasteiger partial charge in [-0.2, -0.15) is 17.7 Å². The Balaban J connectivity index is 1.48. The van der Waals surface area contributed by atoms with Crippen molar-refractivity contribution in [3.05, 3.63) is 35.8 Å². The van der Waals surface area contributed by atoms with Crippen LogP contribution in [0, 0.1) is 0 Å². The first kappa shape index (κ1) is 18.4. The lowest BCUT2D eigenvalue weighted by molar-refractivity contribution is -0.141. The summed E-state index contributed by atoms with van der Waals surface area (Å²) in [6.07, 6.45) is -2.93. The van der Waals surface area contributed by atoms with Crippen LogP contribution in [0.3, 0.4) is 0 Å². The number of rotatable bonds is 3. The fraction of sp³-hybridized carbons (Fsp3) is 0.471. The Morgan fingerprint density at radius 1 is 0.964 bits per heavy atom. The molecule has 1 aliphatic heterocycles. The molecule has 1 aliphatic rings. The molecule has 28 heavy (non-hydrogen) atoms. The molecule has 3 aromatic rings. The van der Waals surface area contributed by atoms with Crippen LogP contribution < -0.4 is 9.80 Å². The summed E-state index contributed by atoms with van der Waals surface area (Å²) in [5.74, 6) is 2.23. The van der Waals surface area contributed by atoms with Gasteiger partial charge in [0, 0.05) is 33.1 Å². The first-order chi connectivity index (χ1) is 13.3. The standard InChI is InChI=1S/C17H19F3N8/c1-26(2)15-6-5-14-23-24-16(28(14)25-15)11-7-9-27(10-8-11)13-4-3-12(21-22-13)17(18,19)20/h3-6,11H,7-10H2,1-2H3. The maximum absolute atomic E-state index is 12.6. The number of halogens is 3. The molecule has 0 saturated carbocycles. The van der Waals surface area contributed by atoms with Crippen molar-refractivity contribution in [1.29, 1.82) is 0 Å². The second-order valence-electron chi connectivity index (χ2n) is 6.95. The molecule has 3 aromatic heterocycles. The van der Waals surface area contributed by atoms with Gasteiger partial charge in [-0.15, -0.1) is 25.5 Å². The highest BCUT2D eigenvalue weighted by Crippen LogP contribution is 2.31. The number of aromatic nitrogens is 6. The summed E-state index contributed by atoms with van der Waals surface area (Å²) in [7, 11) is 3.84. The van der Waals surface area contributed by atoms with Crippen LogP contribution in [0.5, 0.6) is 0 Å². The highest BCUT2D eigenvalue weighted by Gasteiger charge is 2.33. The van der Waals surface area contributed by atoms with Gasteiger partial charge in [0.05, 0.1) is 0 Å². The molecule has 11 heteroatoms. The van der Waals surface area contributed by atoms with Gasteiger partial charge in [0.15, 0.2) is 23.0 Å². The van der Waals surface area contributed by atoms with E-state index in [4.69, 9.17) is 0 Å². The van der Waals surface area contributed by atoms with Crippen LogP contribution in [0.15, 0.2) is 24.3 Å². The number of hydrogen-bond donors (Lipinski definition) is 0. The Bertz CT molecular complexity index is 959. The monoisotopic (exact) mass is 392 g/mol. The molecule has 148 valence electrons. The third-order valence-corrected chi connectivity index (χ3v) is 4.86. The van der Waals surface area contributed by atoms with E-state index in [2.05, 4.69) is 25.5 Å². The van der Waals surface area contributed by atoms with E-state index in [-0.39, 0.29) is 5.92 Å². The summed E-state index contributed by atoms with van der Waals surface area (Å²) < 4.78 is 39.7. The SMILES string of the molecule is CN(C)c1ccc2nnc(C3CCN(c4ccc(C(F)(F)F)nn4)CC3)n2n1. The molecule has 0 N–H and O–H groups in total. The molecule has 0 radical (unpaired) electrons. The van der Waals surface area contributed by atoms with Crippen LogP contribution in [-0.4, -0.2) is 57.2 Å². The number of fused-ring (bicyclic) bond motifs is 1. The highest BCUT2D eigenvalue weighted by molar-refractivity contribution is 5.45. The Morgan fingerprint density at radius 3 is 2.32 bits per heavy atom. The normalized spacial score (nSPS) is 16.0. The maximum atomic E-state index is 12.6. The summed E-state index contributed by atoms with van der Waals surface area (Å²) >= 11 is 0. The molecular formula is C17H19F3N8. The van der Waals surface area contributed by atoms with E-state index >= 15 is 0 Å². The van der Waals surface area contributed by atoms with Gasteiger partial charge in [0.2, 0.25) is 0 Å². The molecular weight excluding hydrogens is 373 g/mol. The fourth-order valence-corrected chi connectivity index (χ4v) is 3.30. The predicted octanol–water partition coefficient (Wildman–Crippen LogP) is 2.38. The molecule has 0 atom stereocenters. The maximum Gasteiger partial charge on any atom is 0.435 e. The van der Waals surface area contributed by atoms with Crippen LogP contribution >= 0.6 is 0 Å². The first-order valence-corrected chi connectivity index (χ1v) is 8.88. The lowest BCUT2D eigenvalue weighted by Crippen LogP contribution is -2.34. The smallest absolute Gasteiger partial charge is 0.361 e. The van der Waals surface area contributed by atoms with Crippen molar-refractivity contribution in [1.82, 2.24) is 30.0 Å². The van der Waals surface area contributed by atoms with Gasteiger partial charge in [0.1, 0.15) is 5.82 Å². The van der Waals surface area contributed by atoms with Crippen LogP contribution in [0.4, 0.5) is 24.8 Å². The Kier molecular flexibility index (Phi) is 4.52. The molecule has 0 aromatic carbocycles. The van der Waals surface area contributed by atoms with Crippen molar-refractivity contribution in [2.75, 3.05) is 37.0 Å². The van der Waals surface area contributed by atoms with Crippen molar-refractivity contribution < 1.29 is 13.2 Å². The molecule has 0 spiro atoms. The Hall–Kier alpha value is -2.98. The zero-order chi connectivity index (χ0) is 19.9. The summed E-state index contributed by atoms with van der Waals surface area (Å²) in [4.78, 5) is 3.85. The quantitative estimate of drug-likeness (QED) is 0.677. The number of piperidine rings is 1. The summed E-state index contributed by atoms with van der Waals surface area (Å²) in [6, 6.07) is 6.10. The second kappa shape index (κ2) is 6.88. The van der Waals surface area contributed by atoms with Gasteiger partial charge in [-0.25, -0.2) is 0 Å². The Labute approximate surface area is 159 Å². The second-order valence-corrected chi connectivity index (χ2v) is 6.95. The van der Waals surface area contributed by atoms with Gasteiger partial charge in [-0.3, -0.25) is 0 Å². The minimum Gasteiger partial charge on any atom is -0.361 e. The molecule has 0 aliphatic carbocycles. The average Bonchev–Trinajstić information content (AvgIpc) is 3.11. The number of anilines is 2. The Morgan fingerprint density at radius 2 is 1.71 bits per heavy atom. The van der Waals surface area contributed by atoms with Crippen molar-refractivity contribution in [2.45, 2.75) is 24.9 Å². The summed E-state index contributed by atoms with van der Waals surface area (Å²) in [5.41, 5.74) is -0.291. The third-order valence-electron chi connectivity index (χ3n) is 4.86. The van der Waals surface area contributed by atoms with Gasteiger partial charge < -0.3 is 9.80 Å². The van der Waals surface area contributed by atoms with Crippen LogP contribution in [0.25, 0.3) is 5.65 Å². The van der Waals surface area contributed by atoms with E-state index < -0.39 is 11.9 Å². The van der Waals surface area contributed by atoms with E-state index in [1.165, 1.54) is 6.07 Å². The molecule has 0 bridgehead atoms. The van der Waals surface area contributed by atoms with Crippen LogP contribution in [0.2, 0.25) is 0 Å². The average molecular weight is 392 g/mol. The molecule has 1 fully saturated rings. The number of hydrogen-bond acceptors (Lipinski definition) is 7. The van der Waals surface area contributed by atoms with E-state index in [0.717, 1.165) is 30.6 Å². The first-order valence-electron chi connectivity index (χ1n) is 8.88. The zero-order valence-corrected chi connectivity index (χ0v) is 15.4. The molecule has 4 heterocycles. The lowest BCUT2D eigenvalue weighted by atomic mass is 9.96. The summed E-state index contributed by atoms with van der Waals surface area (Å²) in [6.45, 7) is 1.29. The molecule has 0 amide bonds. The predicted molar refractivity (Wildman–Crippen MR) is 96.3 cm³/mol. The molecule has 0 unspecified atom stereocenters. The van der Waals surface area contributed by atoms with E-state index in [1.54, 1.807) is 4.52 Å². The number of nitrogens with zero attached hydrogens (tertiary/aromatic N) is 8. The topological polar surface area (TPSA) is 75.3 Å². The fourth-order valence-electron chi connectivity index (χ4n) is 3.30. The van der Waals surface area contributed by atoms with Crippen molar-refractivity contribution >= 4 is 17.3 Å². The summed E-state index contributed by atoms with van der Waals surface area (Å²) in [5, 5.41) is 20.2. The number of alkyl halides is 3. The van der Waals surface area contributed by atoms with Crippen molar-refractivity contribution in [3.8, 4) is 0 Å². The third kappa shape index (κ3) is 3.43. The minimum absolute atomic E-state index is 0.165. The largest absolute Gasteiger partial charge is 0.435 e. The molecule has 8 nitrogen and oxygen atoms in total. The van der Waals surface area contributed by atoms with Gasteiger partial charge >= 0.3 is 6.18 Å². The molecule has 1 saturated heterocycles. The van der Waals surface area contributed by atoms with Gasteiger partial charge in [-0.1, -0.05) is 0 Å². The molecule has 4 rings (SSSR count). The van der Waals surface area contributed by atoms with Crippen LogP contribution in [0.1, 0.15) is 30.3 Å². The zero-order valence-electron chi connectivity index (χ0n) is 15.4. The van der Waals surface area contributed by atoms with E-state index in [9.17, 15) is 13.2 Å². The van der Waals surface area contributed by atoms with Crippen LogP contribution in [-0.2, 0) is 6.18 Å². The highest BCUT2D eigenvalue weighted by atomic mass is 19.4. The van der Waals surface area contributed by atoms with Crippen molar-refractivity contribution in [3.63, 3.8) is 0 Å². The van der Waals surface area contributed by atoms with E-state index in [1.807, 2.05) is 36.0 Å². The van der Waals surface area contributed by atoms with Gasteiger partial charge in [-0.05, 0) is 37.1 Å². The van der Waals surface area contributed by atoms with Gasteiger partial charge in [0.25, 0.3) is 0 Å².